The molecule has 0 aliphatic carbocycles. The Labute approximate surface area is 306 Å². The molecular weight excluding hydrogens is 648 g/mol. The van der Waals surface area contributed by atoms with Crippen LogP contribution in [0.15, 0.2) is 24.3 Å². The molecule has 3 N–H and O–H groups in total. The van der Waals surface area contributed by atoms with Crippen molar-refractivity contribution in [2.24, 2.45) is 22.7 Å². The molecule has 0 bridgehead atoms. The zero-order chi connectivity index (χ0) is 38.9. The number of likely N-dealkylation sites (tertiary alicyclic amines) is 1. The van der Waals surface area contributed by atoms with Gasteiger partial charge in [0.15, 0.2) is 0 Å². The van der Waals surface area contributed by atoms with E-state index in [1.807, 2.05) is 86.6 Å². The molecule has 1 aromatic carbocycles. The van der Waals surface area contributed by atoms with Crippen molar-refractivity contribution in [2.45, 2.75) is 145 Å². The van der Waals surface area contributed by atoms with Crippen LogP contribution in [0.1, 0.15) is 121 Å². The number of hydrogen-bond donors (Lipinski definition) is 3. The minimum absolute atomic E-state index is 0.0565. The highest BCUT2D eigenvalue weighted by Gasteiger charge is 2.44. The highest BCUT2D eigenvalue weighted by atomic mass is 16.5. The van der Waals surface area contributed by atoms with Crippen LogP contribution in [-0.4, -0.2) is 77.5 Å². The zero-order valence-corrected chi connectivity index (χ0v) is 33.6. The Morgan fingerprint density at radius 2 is 1.37 bits per heavy atom. The van der Waals surface area contributed by atoms with Gasteiger partial charge in [-0.25, -0.2) is 0 Å². The Bertz CT molecular complexity index is 1360. The predicted octanol–water partition coefficient (Wildman–Crippen LogP) is 6.04. The molecule has 0 spiro atoms. The van der Waals surface area contributed by atoms with Gasteiger partial charge in [-0.2, -0.15) is 0 Å². The number of carbonyl (C=O) groups is 5. The van der Waals surface area contributed by atoms with Crippen LogP contribution in [0.5, 0.6) is 0 Å². The summed E-state index contributed by atoms with van der Waals surface area (Å²) in [5.74, 6) is -1.85. The maximum atomic E-state index is 13.1. The predicted molar refractivity (Wildman–Crippen MR) is 201 cm³/mol. The van der Waals surface area contributed by atoms with E-state index >= 15 is 0 Å². The second-order valence-electron chi connectivity index (χ2n) is 17.9. The quantitative estimate of drug-likeness (QED) is 0.157. The summed E-state index contributed by atoms with van der Waals surface area (Å²) in [5, 5.41) is 8.38. The first-order chi connectivity index (χ1) is 23.3. The van der Waals surface area contributed by atoms with E-state index < -0.39 is 29.2 Å². The summed E-state index contributed by atoms with van der Waals surface area (Å²) in [6.45, 7) is 26.3. The standard InChI is InChI=1S/C40H66N4O7/c1-26(2)33(35(48)41-27(3)34(47)42-29-16-14-28(15-17-29)25-37(4,5)6)43-31(45)18-22-50-40(12,13)20-23-51-39(10,11)19-21-44-32(46)24-30(36(44)49)38(7,8)9/h14-17,26-27,30,33H,18-25H2,1-13H3,(H,41,48)(H,42,47)(H,43,45)/t27-,30?,33?/m0/s1. The van der Waals surface area contributed by atoms with Crippen molar-refractivity contribution < 1.29 is 33.4 Å². The average Bonchev–Trinajstić information content (AvgIpc) is 3.27. The van der Waals surface area contributed by atoms with Crippen LogP contribution in [0.3, 0.4) is 0 Å². The summed E-state index contributed by atoms with van der Waals surface area (Å²) in [7, 11) is 0. The average molecular weight is 715 g/mol. The van der Waals surface area contributed by atoms with Gasteiger partial charge < -0.3 is 25.4 Å². The van der Waals surface area contributed by atoms with E-state index in [9.17, 15) is 24.0 Å². The molecule has 3 atom stereocenters. The fourth-order valence-electron chi connectivity index (χ4n) is 5.83. The number of benzene rings is 1. The third kappa shape index (κ3) is 15.1. The maximum Gasteiger partial charge on any atom is 0.246 e. The Balaban J connectivity index is 1.76. The number of ether oxygens (including phenoxy) is 2. The minimum Gasteiger partial charge on any atom is -0.375 e. The van der Waals surface area contributed by atoms with Crippen LogP contribution in [0.4, 0.5) is 5.69 Å². The smallest absolute Gasteiger partial charge is 0.246 e. The number of amides is 5. The fourth-order valence-corrected chi connectivity index (χ4v) is 5.83. The van der Waals surface area contributed by atoms with Gasteiger partial charge >= 0.3 is 0 Å². The second kappa shape index (κ2) is 17.9. The molecule has 0 saturated carbocycles. The van der Waals surface area contributed by atoms with Gasteiger partial charge in [-0.3, -0.25) is 28.9 Å². The van der Waals surface area contributed by atoms with Crippen LogP contribution in [0.2, 0.25) is 0 Å². The number of nitrogens with one attached hydrogen (secondary N) is 3. The van der Waals surface area contributed by atoms with Gasteiger partial charge in [0.1, 0.15) is 12.1 Å². The van der Waals surface area contributed by atoms with E-state index in [1.165, 1.54) is 10.5 Å². The molecule has 51 heavy (non-hydrogen) atoms. The van der Waals surface area contributed by atoms with Gasteiger partial charge in [-0.05, 0) is 88.3 Å². The molecule has 2 rings (SSSR count). The highest BCUT2D eigenvalue weighted by Crippen LogP contribution is 2.36. The van der Waals surface area contributed by atoms with Crippen LogP contribution in [0, 0.1) is 22.7 Å². The molecule has 1 aromatic rings. The van der Waals surface area contributed by atoms with E-state index in [1.54, 1.807) is 6.92 Å². The lowest BCUT2D eigenvalue weighted by atomic mass is 9.80. The van der Waals surface area contributed by atoms with Crippen LogP contribution >= 0.6 is 0 Å². The lowest BCUT2D eigenvalue weighted by molar-refractivity contribution is -0.141. The van der Waals surface area contributed by atoms with Gasteiger partial charge in [-0.15, -0.1) is 0 Å². The summed E-state index contributed by atoms with van der Waals surface area (Å²) in [5.41, 5.74) is 0.582. The van der Waals surface area contributed by atoms with Crippen LogP contribution in [0.25, 0.3) is 0 Å². The summed E-state index contributed by atoms with van der Waals surface area (Å²) in [4.78, 5) is 65.5. The SMILES string of the molecule is CC(C)C(NC(=O)CCOC(C)(C)CCOC(C)(C)CCN1C(=O)CC(C(C)(C)C)C1=O)C(=O)N[C@@H](C)C(=O)Nc1ccc(CC(C)(C)C)cc1. The van der Waals surface area contributed by atoms with Crippen LogP contribution < -0.4 is 16.0 Å². The van der Waals surface area contributed by atoms with Gasteiger partial charge in [0.2, 0.25) is 29.5 Å². The molecule has 1 aliphatic rings. The lowest BCUT2D eigenvalue weighted by Gasteiger charge is -2.31. The first-order valence-corrected chi connectivity index (χ1v) is 18.4. The summed E-state index contributed by atoms with van der Waals surface area (Å²) in [6, 6.07) is 6.05. The van der Waals surface area contributed by atoms with E-state index in [4.69, 9.17) is 9.47 Å². The van der Waals surface area contributed by atoms with E-state index in [0.717, 1.165) is 6.42 Å². The van der Waals surface area contributed by atoms with Crippen molar-refractivity contribution in [3.8, 4) is 0 Å². The monoisotopic (exact) mass is 714 g/mol. The molecule has 11 heteroatoms. The zero-order valence-electron chi connectivity index (χ0n) is 33.6. The molecule has 0 radical (unpaired) electrons. The summed E-state index contributed by atoms with van der Waals surface area (Å²) < 4.78 is 12.2. The molecule has 288 valence electrons. The van der Waals surface area contributed by atoms with E-state index in [-0.39, 0.29) is 65.7 Å². The second-order valence-corrected chi connectivity index (χ2v) is 17.9. The van der Waals surface area contributed by atoms with Crippen LogP contribution in [-0.2, 0) is 39.9 Å². The molecule has 1 heterocycles. The third-order valence-corrected chi connectivity index (χ3v) is 9.22. The molecule has 1 saturated heterocycles. The Morgan fingerprint density at radius 3 is 1.90 bits per heavy atom. The largest absolute Gasteiger partial charge is 0.375 e. The minimum atomic E-state index is -0.821. The lowest BCUT2D eigenvalue weighted by Crippen LogP contribution is -2.53. The number of nitrogens with zero attached hydrogens (tertiary/aromatic N) is 1. The molecule has 2 unspecified atom stereocenters. The Hall–Kier alpha value is -3.31. The van der Waals surface area contributed by atoms with Crippen molar-refractivity contribution in [1.29, 1.82) is 0 Å². The maximum absolute atomic E-state index is 13.1. The topological polar surface area (TPSA) is 143 Å². The Kier molecular flexibility index (Phi) is 15.4. The molecule has 0 aromatic heterocycles. The first-order valence-electron chi connectivity index (χ1n) is 18.4. The first kappa shape index (κ1) is 43.9. The van der Waals surface area contributed by atoms with Gasteiger partial charge in [0, 0.05) is 18.7 Å². The van der Waals surface area contributed by atoms with Crippen molar-refractivity contribution in [1.82, 2.24) is 15.5 Å². The molecule has 1 fully saturated rings. The molecule has 11 nitrogen and oxygen atoms in total. The van der Waals surface area contributed by atoms with Gasteiger partial charge in [-0.1, -0.05) is 67.5 Å². The number of anilines is 1. The number of hydrogen-bond acceptors (Lipinski definition) is 7. The normalized spacial score (nSPS) is 17.1. The van der Waals surface area contributed by atoms with E-state index in [0.29, 0.717) is 31.7 Å². The van der Waals surface area contributed by atoms with Crippen molar-refractivity contribution >= 4 is 35.2 Å². The van der Waals surface area contributed by atoms with Gasteiger partial charge in [0.05, 0.1) is 36.8 Å². The number of carbonyl (C=O) groups excluding carboxylic acids is 5. The number of rotatable bonds is 18. The fraction of sp³-hybridized carbons (Fsp3) is 0.725. The van der Waals surface area contributed by atoms with Gasteiger partial charge in [0.25, 0.3) is 0 Å². The third-order valence-electron chi connectivity index (χ3n) is 9.22. The van der Waals surface area contributed by atoms with E-state index in [2.05, 4.69) is 36.7 Å². The Morgan fingerprint density at radius 1 is 0.804 bits per heavy atom. The van der Waals surface area contributed by atoms with Crippen molar-refractivity contribution in [3.63, 3.8) is 0 Å². The van der Waals surface area contributed by atoms with Crippen molar-refractivity contribution in [2.75, 3.05) is 25.1 Å². The molecule has 5 amide bonds. The van der Waals surface area contributed by atoms with Crippen molar-refractivity contribution in [3.05, 3.63) is 29.8 Å². The number of imide groups is 1. The summed E-state index contributed by atoms with van der Waals surface area (Å²) in [6.07, 6.45) is 2.31. The molecule has 1 aliphatic heterocycles. The highest BCUT2D eigenvalue weighted by molar-refractivity contribution is 6.04. The summed E-state index contributed by atoms with van der Waals surface area (Å²) >= 11 is 0. The molecular formula is C40H66N4O7.